The highest BCUT2D eigenvalue weighted by atomic mass is 35.5. The average Bonchev–Trinajstić information content (AvgIpc) is 2.72. The van der Waals surface area contributed by atoms with Gasteiger partial charge >= 0.3 is 0 Å². The second kappa shape index (κ2) is 8.11. The van der Waals surface area contributed by atoms with Crippen LogP contribution in [0.25, 0.3) is 0 Å². The second-order valence-electron chi connectivity index (χ2n) is 7.81. The minimum atomic E-state index is -4.37. The van der Waals surface area contributed by atoms with Crippen molar-refractivity contribution in [1.82, 2.24) is 9.21 Å². The molecule has 1 aliphatic heterocycles. The molecule has 1 amide bonds. The fraction of sp³-hybridized carbons (Fsp3) is 0.381. The Bertz CT molecular complexity index is 1110. The molecular formula is C21H20ClF3N2O3S. The summed E-state index contributed by atoms with van der Waals surface area (Å²) in [6.45, 7) is 0.115. The third-order valence-corrected chi connectivity index (χ3v) is 8.32. The average molecular weight is 473 g/mol. The van der Waals surface area contributed by atoms with Gasteiger partial charge in [0, 0.05) is 31.2 Å². The largest absolute Gasteiger partial charge is 0.339 e. The molecule has 0 bridgehead atoms. The van der Waals surface area contributed by atoms with E-state index in [0.717, 1.165) is 16.3 Å². The van der Waals surface area contributed by atoms with Crippen LogP contribution in [0.1, 0.15) is 24.8 Å². The number of hydrogen-bond donors (Lipinski definition) is 0. The van der Waals surface area contributed by atoms with Crippen molar-refractivity contribution < 1.29 is 26.4 Å². The van der Waals surface area contributed by atoms with Gasteiger partial charge in [0.05, 0.1) is 5.41 Å². The van der Waals surface area contributed by atoms with Crippen LogP contribution in [0.4, 0.5) is 13.2 Å². The molecule has 0 radical (unpaired) electrons. The lowest BCUT2D eigenvalue weighted by Crippen LogP contribution is -2.57. The molecule has 2 fully saturated rings. The van der Waals surface area contributed by atoms with Crippen LogP contribution >= 0.6 is 11.6 Å². The van der Waals surface area contributed by atoms with Crippen LogP contribution < -0.4 is 0 Å². The van der Waals surface area contributed by atoms with Gasteiger partial charge in [-0.25, -0.2) is 21.6 Å². The quantitative estimate of drug-likeness (QED) is 0.637. The molecule has 1 saturated carbocycles. The third-order valence-electron chi connectivity index (χ3n) is 6.16. The zero-order valence-corrected chi connectivity index (χ0v) is 18.0. The van der Waals surface area contributed by atoms with Crippen LogP contribution in [0.3, 0.4) is 0 Å². The molecule has 31 heavy (non-hydrogen) atoms. The molecule has 2 aliphatic rings. The Morgan fingerprint density at radius 3 is 2.06 bits per heavy atom. The zero-order chi connectivity index (χ0) is 22.4. The van der Waals surface area contributed by atoms with E-state index < -0.39 is 37.8 Å². The fourth-order valence-electron chi connectivity index (χ4n) is 4.21. The van der Waals surface area contributed by atoms with E-state index in [1.807, 2.05) is 12.1 Å². The smallest absolute Gasteiger partial charge is 0.246 e. The predicted molar refractivity (Wildman–Crippen MR) is 109 cm³/mol. The molecule has 166 valence electrons. The summed E-state index contributed by atoms with van der Waals surface area (Å²) in [6, 6.07) is 8.45. The van der Waals surface area contributed by atoms with Crippen LogP contribution in [0, 0.1) is 17.5 Å². The first kappa shape index (κ1) is 22.1. The van der Waals surface area contributed by atoms with E-state index in [-0.39, 0.29) is 32.1 Å². The maximum Gasteiger partial charge on any atom is 0.246 e. The number of benzene rings is 2. The first-order chi connectivity index (χ1) is 14.7. The summed E-state index contributed by atoms with van der Waals surface area (Å²) in [5.41, 5.74) is 0.240. The zero-order valence-electron chi connectivity index (χ0n) is 16.5. The number of rotatable bonds is 4. The van der Waals surface area contributed by atoms with Gasteiger partial charge in [-0.1, -0.05) is 30.2 Å². The Balaban J connectivity index is 1.50. The lowest BCUT2D eigenvalue weighted by molar-refractivity contribution is -0.142. The van der Waals surface area contributed by atoms with Crippen LogP contribution in [0.5, 0.6) is 0 Å². The maximum absolute atomic E-state index is 14.0. The van der Waals surface area contributed by atoms with Gasteiger partial charge in [0.25, 0.3) is 0 Å². The van der Waals surface area contributed by atoms with E-state index in [1.54, 1.807) is 17.0 Å². The van der Waals surface area contributed by atoms with Gasteiger partial charge < -0.3 is 4.90 Å². The molecule has 0 unspecified atom stereocenters. The molecule has 2 aromatic carbocycles. The van der Waals surface area contributed by atoms with Crippen molar-refractivity contribution in [3.8, 4) is 0 Å². The highest BCUT2D eigenvalue weighted by Crippen LogP contribution is 2.45. The molecular weight excluding hydrogens is 453 g/mol. The Morgan fingerprint density at radius 2 is 1.52 bits per heavy atom. The minimum absolute atomic E-state index is 0.0663. The summed E-state index contributed by atoms with van der Waals surface area (Å²) in [6.07, 6.45) is 2.32. The second-order valence-corrected chi connectivity index (χ2v) is 10.2. The Hall–Kier alpha value is -2.10. The summed E-state index contributed by atoms with van der Waals surface area (Å²) in [7, 11) is -4.37. The summed E-state index contributed by atoms with van der Waals surface area (Å²) in [5, 5.41) is 0.578. The molecule has 1 aliphatic carbocycles. The standard InChI is InChI=1S/C21H20ClF3N2O3S/c22-15-4-2-14(3-5-15)21(8-1-9-21)20(28)26-10-12-27(13-11-26)31(29,30)17-7-6-16(23)18(24)19(17)25/h2-7H,1,8-13H2. The summed E-state index contributed by atoms with van der Waals surface area (Å²) < 4.78 is 67.2. The summed E-state index contributed by atoms with van der Waals surface area (Å²) in [5.74, 6) is -5.10. The van der Waals surface area contributed by atoms with E-state index in [4.69, 9.17) is 11.6 Å². The minimum Gasteiger partial charge on any atom is -0.339 e. The van der Waals surface area contributed by atoms with Crippen LogP contribution in [-0.4, -0.2) is 49.7 Å². The lowest BCUT2D eigenvalue weighted by atomic mass is 9.63. The number of piperazine rings is 1. The van der Waals surface area contributed by atoms with Crippen molar-refractivity contribution >= 4 is 27.5 Å². The van der Waals surface area contributed by atoms with Gasteiger partial charge in [0.2, 0.25) is 15.9 Å². The SMILES string of the molecule is O=C(N1CCN(S(=O)(=O)c2ccc(F)c(F)c2F)CC1)C1(c2ccc(Cl)cc2)CCC1. The topological polar surface area (TPSA) is 57.7 Å². The van der Waals surface area contributed by atoms with Crippen molar-refractivity contribution in [3.05, 3.63) is 64.4 Å². The number of nitrogens with zero attached hydrogens (tertiary/aromatic N) is 2. The lowest BCUT2D eigenvalue weighted by Gasteiger charge is -2.46. The van der Waals surface area contributed by atoms with Crippen molar-refractivity contribution in [2.75, 3.05) is 26.2 Å². The third kappa shape index (κ3) is 3.72. The number of sulfonamides is 1. The van der Waals surface area contributed by atoms with Gasteiger partial charge in [-0.05, 0) is 42.7 Å². The molecule has 5 nitrogen and oxygen atoms in total. The summed E-state index contributed by atoms with van der Waals surface area (Å²) in [4.78, 5) is 14.0. The number of carbonyl (C=O) groups excluding carboxylic acids is 1. The molecule has 1 saturated heterocycles. The highest BCUT2D eigenvalue weighted by molar-refractivity contribution is 7.89. The number of amides is 1. The van der Waals surface area contributed by atoms with Gasteiger partial charge in [-0.2, -0.15) is 4.31 Å². The molecule has 0 atom stereocenters. The summed E-state index contributed by atoms with van der Waals surface area (Å²) >= 11 is 5.96. The fourth-order valence-corrected chi connectivity index (χ4v) is 5.81. The van der Waals surface area contributed by atoms with Crippen LogP contribution in [-0.2, 0) is 20.2 Å². The molecule has 1 heterocycles. The van der Waals surface area contributed by atoms with Gasteiger partial charge in [0.1, 0.15) is 4.90 Å². The monoisotopic (exact) mass is 472 g/mol. The van der Waals surface area contributed by atoms with Gasteiger partial charge in [0.15, 0.2) is 17.5 Å². The van der Waals surface area contributed by atoms with Crippen molar-refractivity contribution in [2.24, 2.45) is 0 Å². The Kier molecular flexibility index (Phi) is 5.78. The van der Waals surface area contributed by atoms with Crippen LogP contribution in [0.2, 0.25) is 5.02 Å². The van der Waals surface area contributed by atoms with Crippen molar-refractivity contribution in [2.45, 2.75) is 29.6 Å². The molecule has 10 heteroatoms. The van der Waals surface area contributed by atoms with E-state index in [1.165, 1.54) is 0 Å². The maximum atomic E-state index is 14.0. The first-order valence-corrected chi connectivity index (χ1v) is 11.7. The van der Waals surface area contributed by atoms with E-state index >= 15 is 0 Å². The van der Waals surface area contributed by atoms with Gasteiger partial charge in [-0.15, -0.1) is 0 Å². The molecule has 2 aromatic rings. The van der Waals surface area contributed by atoms with Gasteiger partial charge in [-0.3, -0.25) is 4.79 Å². The van der Waals surface area contributed by atoms with E-state index in [2.05, 4.69) is 0 Å². The normalized spacial score (nSPS) is 19.2. The first-order valence-electron chi connectivity index (χ1n) is 9.86. The van der Waals surface area contributed by atoms with Crippen molar-refractivity contribution in [1.29, 1.82) is 0 Å². The molecule has 0 spiro atoms. The number of hydrogen-bond acceptors (Lipinski definition) is 3. The molecule has 0 aromatic heterocycles. The van der Waals surface area contributed by atoms with Crippen molar-refractivity contribution in [3.63, 3.8) is 0 Å². The Morgan fingerprint density at radius 1 is 0.903 bits per heavy atom. The molecule has 4 rings (SSSR count). The molecule has 0 N–H and O–H groups in total. The predicted octanol–water partition coefficient (Wildman–Crippen LogP) is 3.71. The Labute approximate surface area is 183 Å². The highest BCUT2D eigenvalue weighted by Gasteiger charge is 2.48. The van der Waals surface area contributed by atoms with Crippen LogP contribution in [0.15, 0.2) is 41.3 Å². The number of carbonyl (C=O) groups is 1. The van der Waals surface area contributed by atoms with E-state index in [0.29, 0.717) is 30.0 Å². The number of halogens is 4. The van der Waals surface area contributed by atoms with E-state index in [9.17, 15) is 26.4 Å².